The third kappa shape index (κ3) is 5.12. The van der Waals surface area contributed by atoms with Gasteiger partial charge in [-0.15, -0.1) is 0 Å². The Labute approximate surface area is 194 Å². The zero-order chi connectivity index (χ0) is 23.4. The number of anilines is 1. The number of para-hydroxylation sites is 1. The Hall–Kier alpha value is -3.52. The number of amides is 1. The molecule has 0 bridgehead atoms. The van der Waals surface area contributed by atoms with E-state index in [4.69, 9.17) is 9.47 Å². The van der Waals surface area contributed by atoms with Crippen LogP contribution in [0.15, 0.2) is 77.7 Å². The summed E-state index contributed by atoms with van der Waals surface area (Å²) in [6.07, 6.45) is -0.990. The van der Waals surface area contributed by atoms with Crippen molar-refractivity contribution < 1.29 is 22.7 Å². The minimum Gasteiger partial charge on any atom is -0.492 e. The van der Waals surface area contributed by atoms with E-state index in [0.717, 1.165) is 11.1 Å². The summed E-state index contributed by atoms with van der Waals surface area (Å²) in [5.74, 6) is 0.668. The van der Waals surface area contributed by atoms with Crippen LogP contribution in [0.25, 0.3) is 0 Å². The second kappa shape index (κ2) is 9.54. The van der Waals surface area contributed by atoms with Gasteiger partial charge in [0.15, 0.2) is 6.10 Å². The number of ether oxygens (including phenoxy) is 2. The van der Waals surface area contributed by atoms with E-state index in [-0.39, 0.29) is 24.6 Å². The zero-order valence-corrected chi connectivity index (χ0v) is 19.3. The lowest BCUT2D eigenvalue weighted by Gasteiger charge is -2.35. The summed E-state index contributed by atoms with van der Waals surface area (Å²) in [7, 11) is -3.88. The first-order chi connectivity index (χ1) is 15.8. The highest BCUT2D eigenvalue weighted by atomic mass is 32.2. The van der Waals surface area contributed by atoms with Crippen molar-refractivity contribution in [2.75, 3.05) is 24.0 Å². The maximum Gasteiger partial charge on any atom is 0.264 e. The van der Waals surface area contributed by atoms with Crippen LogP contribution in [-0.4, -0.2) is 40.1 Å². The molecule has 4 rings (SSSR count). The van der Waals surface area contributed by atoms with Crippen molar-refractivity contribution in [3.63, 3.8) is 0 Å². The number of fused-ring (bicyclic) bond motifs is 1. The Balaban J connectivity index is 1.51. The monoisotopic (exact) mass is 466 g/mol. The van der Waals surface area contributed by atoms with Crippen LogP contribution in [0.3, 0.4) is 0 Å². The second-order valence-electron chi connectivity index (χ2n) is 7.88. The molecule has 0 unspecified atom stereocenters. The van der Waals surface area contributed by atoms with Crippen LogP contribution >= 0.6 is 0 Å². The Kier molecular flexibility index (Phi) is 6.55. The summed E-state index contributed by atoms with van der Waals surface area (Å²) in [4.78, 5) is 13.0. The molecule has 0 aromatic heterocycles. The van der Waals surface area contributed by atoms with Crippen LogP contribution in [0.5, 0.6) is 11.5 Å². The molecule has 3 aromatic rings. The summed E-state index contributed by atoms with van der Waals surface area (Å²) in [6, 6.07) is 21.2. The topological polar surface area (TPSA) is 84.9 Å². The third-order valence-corrected chi connectivity index (χ3v) is 7.09. The molecule has 0 saturated carbocycles. The van der Waals surface area contributed by atoms with Crippen molar-refractivity contribution in [3.8, 4) is 11.5 Å². The van der Waals surface area contributed by atoms with E-state index in [1.54, 1.807) is 36.4 Å². The molecule has 1 atom stereocenters. The van der Waals surface area contributed by atoms with E-state index in [2.05, 4.69) is 5.32 Å². The molecule has 1 aliphatic heterocycles. The molecule has 0 aliphatic carbocycles. The molecule has 1 N–H and O–H groups in total. The van der Waals surface area contributed by atoms with E-state index in [9.17, 15) is 13.2 Å². The zero-order valence-electron chi connectivity index (χ0n) is 18.5. The maximum atomic E-state index is 13.5. The van der Waals surface area contributed by atoms with E-state index in [0.29, 0.717) is 17.2 Å². The largest absolute Gasteiger partial charge is 0.492 e. The Morgan fingerprint density at radius 3 is 2.45 bits per heavy atom. The summed E-state index contributed by atoms with van der Waals surface area (Å²) in [6.45, 7) is 4.19. The van der Waals surface area contributed by atoms with Crippen LogP contribution in [0.1, 0.15) is 11.1 Å². The molecule has 1 heterocycles. The van der Waals surface area contributed by atoms with Gasteiger partial charge in [0, 0.05) is 0 Å². The number of hydrogen-bond donors (Lipinski definition) is 1. The number of carbonyl (C=O) groups is 1. The molecule has 172 valence electrons. The molecule has 7 nitrogen and oxygen atoms in total. The van der Waals surface area contributed by atoms with Gasteiger partial charge in [-0.25, -0.2) is 8.42 Å². The molecule has 3 aromatic carbocycles. The minimum absolute atomic E-state index is 0.127. The number of sulfonamides is 1. The van der Waals surface area contributed by atoms with E-state index >= 15 is 0 Å². The number of nitrogens with zero attached hydrogens (tertiary/aromatic N) is 1. The van der Waals surface area contributed by atoms with Gasteiger partial charge in [-0.3, -0.25) is 9.10 Å². The lowest BCUT2D eigenvalue weighted by molar-refractivity contribution is -0.127. The van der Waals surface area contributed by atoms with Crippen LogP contribution in [0, 0.1) is 13.8 Å². The van der Waals surface area contributed by atoms with E-state index in [1.165, 1.54) is 4.31 Å². The van der Waals surface area contributed by atoms with Crippen molar-refractivity contribution in [3.05, 3.63) is 83.9 Å². The standard InChI is InChI=1S/C25H26N2O5S/c1-18-8-11-21(12-9-18)33(29,30)27-17-24(32-23-16-19(2)10-13-22(23)27)25(28)26-14-15-31-20-6-4-3-5-7-20/h3-13,16,24H,14-15,17H2,1-2H3,(H,26,28)/t24-/m1/s1. The third-order valence-electron chi connectivity index (χ3n) is 5.30. The normalized spacial score (nSPS) is 15.3. The van der Waals surface area contributed by atoms with Crippen LogP contribution in [-0.2, 0) is 14.8 Å². The van der Waals surface area contributed by atoms with Gasteiger partial charge in [0.1, 0.15) is 18.1 Å². The van der Waals surface area contributed by atoms with Crippen molar-refractivity contribution >= 4 is 21.6 Å². The van der Waals surface area contributed by atoms with Gasteiger partial charge in [-0.05, 0) is 55.8 Å². The van der Waals surface area contributed by atoms with Gasteiger partial charge >= 0.3 is 0 Å². The predicted octanol–water partition coefficient (Wildman–Crippen LogP) is 3.45. The first-order valence-electron chi connectivity index (χ1n) is 10.7. The molecule has 8 heteroatoms. The van der Waals surface area contributed by atoms with Crippen LogP contribution in [0.4, 0.5) is 5.69 Å². The molecular formula is C25H26N2O5S. The predicted molar refractivity (Wildman–Crippen MR) is 126 cm³/mol. The van der Waals surface area contributed by atoms with E-state index < -0.39 is 22.0 Å². The summed E-state index contributed by atoms with van der Waals surface area (Å²) >= 11 is 0. The fourth-order valence-electron chi connectivity index (χ4n) is 3.54. The van der Waals surface area contributed by atoms with Crippen molar-refractivity contribution in [1.82, 2.24) is 5.32 Å². The summed E-state index contributed by atoms with van der Waals surface area (Å²) in [5.41, 5.74) is 2.28. The van der Waals surface area contributed by atoms with Gasteiger partial charge in [0.05, 0.1) is 23.7 Å². The lowest BCUT2D eigenvalue weighted by atomic mass is 10.1. The molecule has 1 aliphatic rings. The van der Waals surface area contributed by atoms with Crippen LogP contribution in [0.2, 0.25) is 0 Å². The Morgan fingerprint density at radius 2 is 1.73 bits per heavy atom. The quantitative estimate of drug-likeness (QED) is 0.539. The van der Waals surface area contributed by atoms with Gasteiger partial charge in [0.25, 0.3) is 15.9 Å². The van der Waals surface area contributed by atoms with Gasteiger partial charge in [-0.1, -0.05) is 42.0 Å². The second-order valence-corrected chi connectivity index (χ2v) is 9.74. The number of rotatable bonds is 7. The molecule has 0 fully saturated rings. The number of benzene rings is 3. The molecular weight excluding hydrogens is 440 g/mol. The lowest BCUT2D eigenvalue weighted by Crippen LogP contribution is -2.51. The molecule has 33 heavy (non-hydrogen) atoms. The number of hydrogen-bond acceptors (Lipinski definition) is 5. The average molecular weight is 467 g/mol. The summed E-state index contributed by atoms with van der Waals surface area (Å²) in [5, 5.41) is 2.78. The molecule has 0 saturated heterocycles. The van der Waals surface area contributed by atoms with Crippen LogP contribution < -0.4 is 19.1 Å². The smallest absolute Gasteiger partial charge is 0.264 e. The van der Waals surface area contributed by atoms with Crippen molar-refractivity contribution in [2.45, 2.75) is 24.8 Å². The molecule has 1 amide bonds. The van der Waals surface area contributed by atoms with Crippen molar-refractivity contribution in [2.24, 2.45) is 0 Å². The highest BCUT2D eigenvalue weighted by molar-refractivity contribution is 7.92. The van der Waals surface area contributed by atoms with Gasteiger partial charge < -0.3 is 14.8 Å². The Morgan fingerprint density at radius 1 is 1.03 bits per heavy atom. The first-order valence-corrected chi connectivity index (χ1v) is 12.1. The minimum atomic E-state index is -3.88. The molecule has 0 radical (unpaired) electrons. The fourth-order valence-corrected chi connectivity index (χ4v) is 5.01. The number of nitrogens with one attached hydrogen (secondary N) is 1. The first kappa shape index (κ1) is 22.7. The fraction of sp³-hybridized carbons (Fsp3) is 0.240. The average Bonchev–Trinajstić information content (AvgIpc) is 2.81. The van der Waals surface area contributed by atoms with Crippen molar-refractivity contribution in [1.29, 1.82) is 0 Å². The number of carbonyl (C=O) groups excluding carboxylic acids is 1. The highest BCUT2D eigenvalue weighted by Crippen LogP contribution is 2.37. The van der Waals surface area contributed by atoms with E-state index in [1.807, 2.05) is 50.2 Å². The highest BCUT2D eigenvalue weighted by Gasteiger charge is 2.37. The SMILES string of the molecule is Cc1ccc(S(=O)(=O)N2C[C@H](C(=O)NCCOc3ccccc3)Oc3cc(C)ccc32)cc1. The number of aryl methyl sites for hydroxylation is 2. The van der Waals surface area contributed by atoms with Gasteiger partial charge in [-0.2, -0.15) is 0 Å². The maximum absolute atomic E-state index is 13.5. The summed E-state index contributed by atoms with van der Waals surface area (Å²) < 4.78 is 39.7. The van der Waals surface area contributed by atoms with Gasteiger partial charge in [0.2, 0.25) is 0 Å². The Bertz CT molecular complexity index is 1230. The molecule has 0 spiro atoms.